The minimum Gasteiger partial charge on any atom is -0.396 e. The van der Waals surface area contributed by atoms with Crippen molar-refractivity contribution in [1.29, 1.82) is 0 Å². The SMILES string of the molecule is CCc1cccc(CC)c1NC(=O)NCC(CC)(CC)CCO. The van der Waals surface area contributed by atoms with E-state index in [4.69, 9.17) is 0 Å². The normalized spacial score (nSPS) is 11.3. The number of aryl methyl sites for hydroxylation is 2. The number of urea groups is 1. The van der Waals surface area contributed by atoms with Gasteiger partial charge in [0.25, 0.3) is 0 Å². The Morgan fingerprint density at radius 1 is 1.09 bits per heavy atom. The number of benzene rings is 1. The monoisotopic (exact) mass is 320 g/mol. The number of hydrogen-bond acceptors (Lipinski definition) is 2. The van der Waals surface area contributed by atoms with Gasteiger partial charge in [-0.25, -0.2) is 4.79 Å². The number of nitrogens with one attached hydrogen (secondary N) is 2. The highest BCUT2D eigenvalue weighted by molar-refractivity contribution is 5.91. The maximum absolute atomic E-state index is 12.3. The van der Waals surface area contributed by atoms with E-state index in [0.29, 0.717) is 13.0 Å². The van der Waals surface area contributed by atoms with Crippen molar-refractivity contribution in [3.05, 3.63) is 29.3 Å². The number of rotatable bonds is 9. The van der Waals surface area contributed by atoms with Gasteiger partial charge in [-0.2, -0.15) is 0 Å². The third-order valence-corrected chi connectivity index (χ3v) is 5.00. The molecule has 3 N–H and O–H groups in total. The van der Waals surface area contributed by atoms with Crippen molar-refractivity contribution in [3.63, 3.8) is 0 Å². The zero-order chi connectivity index (χ0) is 17.3. The van der Waals surface area contributed by atoms with Crippen LogP contribution in [-0.2, 0) is 12.8 Å². The Balaban J connectivity index is 2.77. The molecule has 0 heterocycles. The molecule has 4 heteroatoms. The van der Waals surface area contributed by atoms with Gasteiger partial charge < -0.3 is 15.7 Å². The van der Waals surface area contributed by atoms with Gasteiger partial charge in [0.05, 0.1) is 0 Å². The number of anilines is 1. The second kappa shape index (κ2) is 9.56. The van der Waals surface area contributed by atoms with Crippen LogP contribution in [0, 0.1) is 5.41 Å². The Kier molecular flexibility index (Phi) is 8.10. The van der Waals surface area contributed by atoms with Gasteiger partial charge in [-0.3, -0.25) is 0 Å². The summed E-state index contributed by atoms with van der Waals surface area (Å²) in [6, 6.07) is 6.00. The summed E-state index contributed by atoms with van der Waals surface area (Å²) in [7, 11) is 0. The first-order chi connectivity index (χ1) is 11.1. The molecule has 2 amide bonds. The van der Waals surface area contributed by atoms with E-state index < -0.39 is 0 Å². The topological polar surface area (TPSA) is 61.4 Å². The van der Waals surface area contributed by atoms with Crippen molar-refractivity contribution < 1.29 is 9.90 Å². The van der Waals surface area contributed by atoms with Crippen LogP contribution in [0.25, 0.3) is 0 Å². The average molecular weight is 320 g/mol. The molecule has 0 aliphatic rings. The number of carbonyl (C=O) groups is 1. The van der Waals surface area contributed by atoms with Gasteiger partial charge in [0, 0.05) is 18.8 Å². The fraction of sp³-hybridized carbons (Fsp3) is 0.632. The minimum atomic E-state index is -0.162. The summed E-state index contributed by atoms with van der Waals surface area (Å²) in [5.41, 5.74) is 3.24. The lowest BCUT2D eigenvalue weighted by Crippen LogP contribution is -2.40. The quantitative estimate of drug-likeness (QED) is 0.641. The number of para-hydroxylation sites is 1. The molecule has 1 rings (SSSR count). The Bertz CT molecular complexity index is 474. The zero-order valence-corrected chi connectivity index (χ0v) is 15.0. The lowest BCUT2D eigenvalue weighted by molar-refractivity contribution is 0.165. The van der Waals surface area contributed by atoms with Gasteiger partial charge in [-0.15, -0.1) is 0 Å². The van der Waals surface area contributed by atoms with Crippen LogP contribution in [0.4, 0.5) is 10.5 Å². The number of aliphatic hydroxyl groups excluding tert-OH is 1. The van der Waals surface area contributed by atoms with E-state index >= 15 is 0 Å². The summed E-state index contributed by atoms with van der Waals surface area (Å²) in [6.45, 7) is 9.16. The van der Waals surface area contributed by atoms with Crippen molar-refractivity contribution >= 4 is 11.7 Å². The van der Waals surface area contributed by atoms with Gasteiger partial charge in [0.1, 0.15) is 0 Å². The Hall–Kier alpha value is -1.55. The van der Waals surface area contributed by atoms with Gasteiger partial charge in [0.15, 0.2) is 0 Å². The lowest BCUT2D eigenvalue weighted by atomic mass is 9.79. The molecule has 23 heavy (non-hydrogen) atoms. The van der Waals surface area contributed by atoms with Gasteiger partial charge in [-0.05, 0) is 48.6 Å². The van der Waals surface area contributed by atoms with E-state index in [1.54, 1.807) is 0 Å². The van der Waals surface area contributed by atoms with Crippen molar-refractivity contribution in [2.24, 2.45) is 5.41 Å². The molecule has 0 spiro atoms. The molecule has 0 atom stereocenters. The van der Waals surface area contributed by atoms with Crippen LogP contribution in [0.2, 0.25) is 0 Å². The fourth-order valence-corrected chi connectivity index (χ4v) is 3.01. The Morgan fingerprint density at radius 2 is 1.65 bits per heavy atom. The average Bonchev–Trinajstić information content (AvgIpc) is 2.59. The van der Waals surface area contributed by atoms with Crippen molar-refractivity contribution in [2.75, 3.05) is 18.5 Å². The summed E-state index contributed by atoms with van der Waals surface area (Å²) in [4.78, 5) is 12.3. The smallest absolute Gasteiger partial charge is 0.319 e. The lowest BCUT2D eigenvalue weighted by Gasteiger charge is -2.31. The summed E-state index contributed by atoms with van der Waals surface area (Å²) in [6.07, 6.45) is 4.38. The molecular weight excluding hydrogens is 288 g/mol. The molecular formula is C19H32N2O2. The first kappa shape index (κ1) is 19.5. The van der Waals surface area contributed by atoms with E-state index in [9.17, 15) is 9.90 Å². The third kappa shape index (κ3) is 5.24. The molecule has 4 nitrogen and oxygen atoms in total. The molecule has 0 saturated carbocycles. The molecule has 130 valence electrons. The predicted octanol–water partition coefficient (Wildman–Crippen LogP) is 4.12. The minimum absolute atomic E-state index is 0.0239. The number of aliphatic hydroxyl groups is 1. The van der Waals surface area contributed by atoms with E-state index in [0.717, 1.165) is 42.5 Å². The van der Waals surface area contributed by atoms with Crippen LogP contribution in [0.1, 0.15) is 58.1 Å². The second-order valence-electron chi connectivity index (χ2n) is 6.15. The molecule has 1 aromatic rings. The zero-order valence-electron chi connectivity index (χ0n) is 15.0. The standard InChI is InChI=1S/C19H32N2O2/c1-5-15-10-9-11-16(6-2)17(15)21-18(23)20-14-19(7-3,8-4)12-13-22/h9-11,22H,5-8,12-14H2,1-4H3,(H2,20,21,23). The Morgan fingerprint density at radius 3 is 2.09 bits per heavy atom. The summed E-state index contributed by atoms with van der Waals surface area (Å²) in [5, 5.41) is 15.3. The van der Waals surface area contributed by atoms with Crippen LogP contribution in [0.5, 0.6) is 0 Å². The van der Waals surface area contributed by atoms with Crippen LogP contribution < -0.4 is 10.6 Å². The van der Waals surface area contributed by atoms with E-state index in [1.165, 1.54) is 0 Å². The molecule has 0 aromatic heterocycles. The van der Waals surface area contributed by atoms with Crippen molar-refractivity contribution in [1.82, 2.24) is 5.32 Å². The van der Waals surface area contributed by atoms with Crippen LogP contribution >= 0.6 is 0 Å². The van der Waals surface area contributed by atoms with E-state index in [2.05, 4.69) is 50.5 Å². The van der Waals surface area contributed by atoms with Crippen LogP contribution in [0.15, 0.2) is 18.2 Å². The second-order valence-corrected chi connectivity index (χ2v) is 6.15. The molecule has 0 unspecified atom stereocenters. The van der Waals surface area contributed by atoms with Crippen molar-refractivity contribution in [3.8, 4) is 0 Å². The maximum atomic E-state index is 12.3. The molecule has 0 saturated heterocycles. The third-order valence-electron chi connectivity index (χ3n) is 5.00. The number of amides is 2. The highest BCUT2D eigenvalue weighted by Gasteiger charge is 2.26. The highest BCUT2D eigenvalue weighted by Crippen LogP contribution is 2.29. The fourth-order valence-electron chi connectivity index (χ4n) is 3.01. The van der Waals surface area contributed by atoms with Gasteiger partial charge in [-0.1, -0.05) is 45.9 Å². The summed E-state index contributed by atoms with van der Waals surface area (Å²) in [5.74, 6) is 0. The molecule has 0 aliphatic carbocycles. The highest BCUT2D eigenvalue weighted by atomic mass is 16.3. The van der Waals surface area contributed by atoms with E-state index in [1.807, 2.05) is 6.07 Å². The maximum Gasteiger partial charge on any atom is 0.319 e. The predicted molar refractivity (Wildman–Crippen MR) is 96.9 cm³/mol. The Labute approximate surface area is 140 Å². The number of hydrogen-bond donors (Lipinski definition) is 3. The molecule has 0 bridgehead atoms. The molecule has 0 radical (unpaired) electrons. The van der Waals surface area contributed by atoms with Crippen molar-refractivity contribution in [2.45, 2.75) is 59.8 Å². The summed E-state index contributed by atoms with van der Waals surface area (Å²) >= 11 is 0. The van der Waals surface area contributed by atoms with Gasteiger partial charge in [0.2, 0.25) is 0 Å². The van der Waals surface area contributed by atoms with Crippen LogP contribution in [-0.4, -0.2) is 24.3 Å². The number of carbonyl (C=O) groups excluding carboxylic acids is 1. The van der Waals surface area contributed by atoms with E-state index in [-0.39, 0.29) is 18.1 Å². The molecule has 1 aromatic carbocycles. The first-order valence-electron chi connectivity index (χ1n) is 8.82. The van der Waals surface area contributed by atoms with Gasteiger partial charge >= 0.3 is 6.03 Å². The largest absolute Gasteiger partial charge is 0.396 e. The molecule has 0 aliphatic heterocycles. The first-order valence-corrected chi connectivity index (χ1v) is 8.82. The summed E-state index contributed by atoms with van der Waals surface area (Å²) < 4.78 is 0. The molecule has 0 fully saturated rings. The van der Waals surface area contributed by atoms with Crippen LogP contribution in [0.3, 0.4) is 0 Å².